The highest BCUT2D eigenvalue weighted by Gasteiger charge is 2.49. The number of hydrogen-bond acceptors (Lipinski definition) is 16. The van der Waals surface area contributed by atoms with Crippen molar-refractivity contribution in [3.63, 3.8) is 0 Å². The second kappa shape index (κ2) is 22.1. The molecule has 3 aromatic rings. The van der Waals surface area contributed by atoms with Gasteiger partial charge in [0.1, 0.15) is 55.3 Å². The Morgan fingerprint density at radius 3 is 2.40 bits per heavy atom. The summed E-state index contributed by atoms with van der Waals surface area (Å²) in [6.07, 6.45) is -5.66. The number of hydrogen-bond donors (Lipinski definition) is 4. The van der Waals surface area contributed by atoms with Crippen LogP contribution in [0.25, 0.3) is 10.2 Å². The van der Waals surface area contributed by atoms with Crippen LogP contribution in [-0.4, -0.2) is 98.8 Å². The van der Waals surface area contributed by atoms with E-state index in [0.717, 1.165) is 39.2 Å². The molecule has 0 unspecified atom stereocenters. The molecule has 2 aliphatic rings. The SMILES string of the molecule is C=CCOC(=O)[C@H]1O[C@@H](Oc2ccc(COC(=O)O[C@H]3CC(=O)O[C@H](c4ccc5sc(C)nc5c4)C/C=C(/C)CCC[C@H](C)[C@H](O)[C@@H](CC=C)C(=O)C3(C)C)cc2)[C@H](O)[C@@H](O)[C@@H]1O. The van der Waals surface area contributed by atoms with Gasteiger partial charge in [0.05, 0.1) is 33.2 Å². The van der Waals surface area contributed by atoms with Gasteiger partial charge in [0.25, 0.3) is 0 Å². The molecule has 2 aromatic carbocycles. The lowest BCUT2D eigenvalue weighted by molar-refractivity contribution is -0.272. The number of nitrogens with zero attached hydrogens (tertiary/aromatic N) is 1. The first-order valence-electron chi connectivity index (χ1n) is 21.0. The minimum Gasteiger partial charge on any atom is -0.462 e. The van der Waals surface area contributed by atoms with Crippen molar-refractivity contribution in [3.8, 4) is 5.75 Å². The number of Topliss-reactive ketones (excluding diaryl/α,β-unsaturated/α-hetero) is 1. The van der Waals surface area contributed by atoms with Gasteiger partial charge < -0.3 is 48.8 Å². The first kappa shape index (κ1) is 49.1. The standard InChI is InChI=1S/C47H59NO14S/c1-8-11-32-38(50)27(4)13-10-12-26(3)14-20-34(30-17-21-35-33(23-30)48-28(5)63-35)60-37(49)24-36(47(6,7)43(32)54)61-46(56)58-25-29-15-18-31(19-16-29)59-45-41(53)39(51)40(52)42(62-45)44(55)57-22-9-2/h8-9,14-19,21,23,27,32,34,36,38-42,45,50-53H,1-2,10-13,20,22,24-25H2,3-7H3/b26-14-/t27-,32+,34-,36-,38-,39-,40-,41+,42-,45+/m0/s1. The Morgan fingerprint density at radius 2 is 1.70 bits per heavy atom. The Morgan fingerprint density at radius 1 is 0.968 bits per heavy atom. The van der Waals surface area contributed by atoms with Gasteiger partial charge in [0, 0.05) is 12.3 Å². The first-order valence-corrected chi connectivity index (χ1v) is 21.9. The van der Waals surface area contributed by atoms with E-state index in [9.17, 15) is 39.6 Å². The monoisotopic (exact) mass is 893 g/mol. The zero-order valence-corrected chi connectivity index (χ0v) is 37.2. The number of carbonyl (C=O) groups excluding carboxylic acids is 4. The molecular weight excluding hydrogens is 835 g/mol. The van der Waals surface area contributed by atoms with E-state index in [0.29, 0.717) is 18.4 Å². The molecule has 0 aliphatic carbocycles. The highest BCUT2D eigenvalue weighted by atomic mass is 32.1. The van der Waals surface area contributed by atoms with Crippen molar-refractivity contribution < 1.29 is 68.0 Å². The number of fused-ring (bicyclic) bond motifs is 1. The minimum atomic E-state index is -1.79. The first-order chi connectivity index (χ1) is 29.9. The van der Waals surface area contributed by atoms with E-state index in [1.165, 1.54) is 30.3 Å². The Kier molecular flexibility index (Phi) is 17.2. The van der Waals surface area contributed by atoms with Gasteiger partial charge >= 0.3 is 18.1 Å². The molecule has 3 heterocycles. The molecular formula is C47H59NO14S. The van der Waals surface area contributed by atoms with Crippen LogP contribution in [0.5, 0.6) is 5.75 Å². The number of aliphatic hydroxyl groups excluding tert-OH is 4. The molecule has 342 valence electrons. The highest BCUT2D eigenvalue weighted by Crippen LogP contribution is 2.37. The lowest BCUT2D eigenvalue weighted by atomic mass is 9.71. The maximum absolute atomic E-state index is 14.5. The van der Waals surface area contributed by atoms with Gasteiger partial charge in [0.15, 0.2) is 6.10 Å². The van der Waals surface area contributed by atoms with Crippen molar-refractivity contribution in [1.82, 2.24) is 4.98 Å². The molecule has 15 nitrogen and oxygen atoms in total. The molecule has 1 fully saturated rings. The number of cyclic esters (lactones) is 1. The average Bonchev–Trinajstić information content (AvgIpc) is 3.64. The zero-order valence-electron chi connectivity index (χ0n) is 36.3. The summed E-state index contributed by atoms with van der Waals surface area (Å²) in [6, 6.07) is 11.7. The summed E-state index contributed by atoms with van der Waals surface area (Å²) >= 11 is 1.56. The maximum Gasteiger partial charge on any atom is 0.508 e. The van der Waals surface area contributed by atoms with Crippen LogP contribution in [0.1, 0.15) is 88.5 Å². The van der Waals surface area contributed by atoms with E-state index >= 15 is 0 Å². The summed E-state index contributed by atoms with van der Waals surface area (Å²) in [5.74, 6) is -3.13. The normalized spacial score (nSPS) is 29.4. The molecule has 63 heavy (non-hydrogen) atoms. The van der Waals surface area contributed by atoms with Gasteiger partial charge in [-0.25, -0.2) is 14.6 Å². The number of ketones is 1. The number of aromatic nitrogens is 1. The van der Waals surface area contributed by atoms with E-state index in [2.05, 4.69) is 18.1 Å². The van der Waals surface area contributed by atoms with Crippen molar-refractivity contribution in [2.24, 2.45) is 17.3 Å². The Hall–Kier alpha value is -4.97. The molecule has 0 amide bonds. The van der Waals surface area contributed by atoms with E-state index in [1.54, 1.807) is 31.3 Å². The van der Waals surface area contributed by atoms with Crippen molar-refractivity contribution >= 4 is 45.4 Å². The number of benzene rings is 2. The quantitative estimate of drug-likeness (QED) is 0.0915. The summed E-state index contributed by atoms with van der Waals surface area (Å²) in [5.41, 5.74) is 1.56. The van der Waals surface area contributed by atoms with Crippen molar-refractivity contribution in [1.29, 1.82) is 0 Å². The van der Waals surface area contributed by atoms with Gasteiger partial charge in [-0.1, -0.05) is 55.5 Å². The molecule has 2 aliphatic heterocycles. The molecule has 10 atom stereocenters. The fraction of sp³-hybridized carbons (Fsp3) is 0.511. The van der Waals surface area contributed by atoms with Crippen molar-refractivity contribution in [2.75, 3.05) is 6.61 Å². The molecule has 0 spiro atoms. The number of aliphatic hydroxyl groups is 4. The molecule has 0 bridgehead atoms. The van der Waals surface area contributed by atoms with Crippen LogP contribution in [0.4, 0.5) is 4.79 Å². The number of allylic oxidation sites excluding steroid dienone is 2. The second-order valence-corrected chi connectivity index (χ2v) is 18.0. The molecule has 0 saturated carbocycles. The van der Waals surface area contributed by atoms with Crippen LogP contribution in [0, 0.1) is 24.2 Å². The van der Waals surface area contributed by atoms with Crippen LogP contribution in [0.3, 0.4) is 0 Å². The predicted octanol–water partition coefficient (Wildman–Crippen LogP) is 6.52. The molecule has 16 heteroatoms. The Labute approximate surface area is 371 Å². The summed E-state index contributed by atoms with van der Waals surface area (Å²) in [7, 11) is 0. The minimum absolute atomic E-state index is 0.133. The third-order valence-electron chi connectivity index (χ3n) is 11.5. The molecule has 4 N–H and O–H groups in total. The Bertz CT molecular complexity index is 2110. The number of esters is 2. The lowest BCUT2D eigenvalue weighted by Gasteiger charge is -2.38. The van der Waals surface area contributed by atoms with E-state index in [-0.39, 0.29) is 31.3 Å². The molecule has 1 aromatic heterocycles. The van der Waals surface area contributed by atoms with Crippen LogP contribution in [-0.2, 0) is 44.7 Å². The molecule has 0 radical (unpaired) electrons. The van der Waals surface area contributed by atoms with Crippen LogP contribution in [0.2, 0.25) is 0 Å². The number of ether oxygens (including phenoxy) is 6. The van der Waals surface area contributed by atoms with E-state index in [1.807, 2.05) is 45.0 Å². The zero-order chi connectivity index (χ0) is 46.0. The Balaban J connectivity index is 1.33. The fourth-order valence-electron chi connectivity index (χ4n) is 7.67. The molecule has 5 rings (SSSR count). The van der Waals surface area contributed by atoms with Crippen LogP contribution < -0.4 is 4.74 Å². The van der Waals surface area contributed by atoms with Crippen LogP contribution >= 0.6 is 11.3 Å². The average molecular weight is 894 g/mol. The maximum atomic E-state index is 14.5. The lowest BCUT2D eigenvalue weighted by Crippen LogP contribution is -2.61. The third-order valence-corrected chi connectivity index (χ3v) is 12.5. The van der Waals surface area contributed by atoms with Crippen molar-refractivity contribution in [2.45, 2.75) is 129 Å². The summed E-state index contributed by atoms with van der Waals surface area (Å²) in [4.78, 5) is 58.9. The topological polar surface area (TPSA) is 217 Å². The number of thiazole rings is 1. The fourth-order valence-corrected chi connectivity index (χ4v) is 8.47. The highest BCUT2D eigenvalue weighted by molar-refractivity contribution is 7.18. The summed E-state index contributed by atoms with van der Waals surface area (Å²) in [6.45, 7) is 15.8. The molecule has 1 saturated heterocycles. The van der Waals surface area contributed by atoms with Crippen LogP contribution in [0.15, 0.2) is 79.4 Å². The predicted molar refractivity (Wildman–Crippen MR) is 232 cm³/mol. The van der Waals surface area contributed by atoms with E-state index < -0.39 is 90.6 Å². The van der Waals surface area contributed by atoms with Crippen molar-refractivity contribution in [3.05, 3.63) is 95.6 Å². The van der Waals surface area contributed by atoms with Gasteiger partial charge in [-0.3, -0.25) is 9.59 Å². The largest absolute Gasteiger partial charge is 0.508 e. The number of carbonyl (C=O) groups is 4. The van der Waals surface area contributed by atoms with Gasteiger partial charge in [-0.15, -0.1) is 17.9 Å². The number of aryl methyl sites for hydroxylation is 1. The van der Waals surface area contributed by atoms with Gasteiger partial charge in [-0.05, 0) is 94.7 Å². The summed E-state index contributed by atoms with van der Waals surface area (Å²) in [5, 5.41) is 43.6. The number of rotatable bonds is 11. The smallest absolute Gasteiger partial charge is 0.462 e. The second-order valence-electron chi connectivity index (χ2n) is 16.7. The van der Waals surface area contributed by atoms with E-state index in [4.69, 9.17) is 28.4 Å². The summed E-state index contributed by atoms with van der Waals surface area (Å²) < 4.78 is 34.5. The van der Waals surface area contributed by atoms with Gasteiger partial charge in [-0.2, -0.15) is 0 Å². The van der Waals surface area contributed by atoms with Gasteiger partial charge in [0.2, 0.25) is 6.29 Å². The third kappa shape index (κ3) is 12.6.